The van der Waals surface area contributed by atoms with Crippen LogP contribution in [0.15, 0.2) is 10.9 Å². The number of anilines is 1. The number of fused-ring (bicyclic) bond motifs is 1. The minimum atomic E-state index is -0.245. The molecule has 20 heavy (non-hydrogen) atoms. The molecular formula is C13H20N6O. The molecule has 2 aromatic rings. The van der Waals surface area contributed by atoms with Gasteiger partial charge in [0.2, 0.25) is 0 Å². The SMILES string of the molecule is Cc1nc(NCC2CCCN(C)C2)cc2n[nH]c(=O)n12. The van der Waals surface area contributed by atoms with Gasteiger partial charge in [-0.15, -0.1) is 0 Å². The third-order valence-corrected chi connectivity index (χ3v) is 3.86. The molecule has 2 aromatic heterocycles. The first-order valence-corrected chi connectivity index (χ1v) is 7.00. The van der Waals surface area contributed by atoms with E-state index >= 15 is 0 Å². The fraction of sp³-hybridized carbons (Fsp3) is 0.615. The van der Waals surface area contributed by atoms with Crippen molar-refractivity contribution in [1.82, 2.24) is 24.5 Å². The van der Waals surface area contributed by atoms with Gasteiger partial charge in [-0.25, -0.2) is 19.3 Å². The zero-order chi connectivity index (χ0) is 14.1. The lowest BCUT2D eigenvalue weighted by Gasteiger charge is -2.29. The van der Waals surface area contributed by atoms with Crippen molar-refractivity contribution in [2.45, 2.75) is 19.8 Å². The summed E-state index contributed by atoms with van der Waals surface area (Å²) in [4.78, 5) is 18.3. The fourth-order valence-corrected chi connectivity index (χ4v) is 2.88. The Bertz CT molecular complexity index is 660. The van der Waals surface area contributed by atoms with E-state index in [0.29, 0.717) is 17.4 Å². The lowest BCUT2D eigenvalue weighted by atomic mass is 9.98. The van der Waals surface area contributed by atoms with Gasteiger partial charge in [0.25, 0.3) is 0 Å². The predicted octanol–water partition coefficient (Wildman–Crippen LogP) is 0.480. The number of hydrogen-bond acceptors (Lipinski definition) is 5. The lowest BCUT2D eigenvalue weighted by molar-refractivity contribution is 0.217. The number of hydrogen-bond donors (Lipinski definition) is 2. The van der Waals surface area contributed by atoms with Crippen LogP contribution in [0.1, 0.15) is 18.7 Å². The molecule has 2 N–H and O–H groups in total. The molecule has 0 radical (unpaired) electrons. The molecule has 3 rings (SSSR count). The Morgan fingerprint density at radius 1 is 1.55 bits per heavy atom. The monoisotopic (exact) mass is 276 g/mol. The van der Waals surface area contributed by atoms with Gasteiger partial charge in [0.05, 0.1) is 0 Å². The average molecular weight is 276 g/mol. The quantitative estimate of drug-likeness (QED) is 0.852. The third kappa shape index (κ3) is 2.53. The van der Waals surface area contributed by atoms with Gasteiger partial charge >= 0.3 is 5.69 Å². The molecule has 3 heterocycles. The van der Waals surface area contributed by atoms with Crippen LogP contribution in [0, 0.1) is 12.8 Å². The minimum absolute atomic E-state index is 0.245. The Labute approximate surface area is 117 Å². The second-order valence-electron chi connectivity index (χ2n) is 5.56. The third-order valence-electron chi connectivity index (χ3n) is 3.86. The maximum atomic E-state index is 11.5. The molecule has 108 valence electrons. The molecule has 7 nitrogen and oxygen atoms in total. The van der Waals surface area contributed by atoms with Crippen LogP contribution in [0.5, 0.6) is 0 Å². The normalized spacial score (nSPS) is 20.4. The van der Waals surface area contributed by atoms with Crippen LogP contribution in [-0.4, -0.2) is 51.2 Å². The molecule has 7 heteroatoms. The first kappa shape index (κ1) is 13.1. The smallest absolute Gasteiger partial charge is 0.349 e. The van der Waals surface area contributed by atoms with E-state index in [2.05, 4.69) is 32.4 Å². The Morgan fingerprint density at radius 2 is 2.40 bits per heavy atom. The summed E-state index contributed by atoms with van der Waals surface area (Å²) in [6.07, 6.45) is 2.50. The number of nitrogens with one attached hydrogen (secondary N) is 2. The highest BCUT2D eigenvalue weighted by atomic mass is 16.1. The van der Waals surface area contributed by atoms with E-state index in [0.717, 1.165) is 18.9 Å². The maximum Gasteiger partial charge on any atom is 0.349 e. The van der Waals surface area contributed by atoms with E-state index in [4.69, 9.17) is 0 Å². The van der Waals surface area contributed by atoms with Crippen molar-refractivity contribution < 1.29 is 0 Å². The largest absolute Gasteiger partial charge is 0.370 e. The number of aromatic amines is 1. The molecule has 0 saturated carbocycles. The van der Waals surface area contributed by atoms with E-state index in [1.807, 2.05) is 6.92 Å². The van der Waals surface area contributed by atoms with E-state index < -0.39 is 0 Å². The molecule has 1 atom stereocenters. The van der Waals surface area contributed by atoms with Gasteiger partial charge < -0.3 is 10.2 Å². The molecule has 1 aliphatic heterocycles. The van der Waals surface area contributed by atoms with Gasteiger partial charge in [-0.3, -0.25) is 0 Å². The molecule has 1 fully saturated rings. The molecule has 1 saturated heterocycles. The highest BCUT2D eigenvalue weighted by Crippen LogP contribution is 2.16. The first-order chi connectivity index (χ1) is 9.63. The second kappa shape index (κ2) is 5.24. The Hall–Kier alpha value is -1.89. The van der Waals surface area contributed by atoms with Crippen LogP contribution < -0.4 is 11.0 Å². The van der Waals surface area contributed by atoms with Crippen molar-refractivity contribution in [2.24, 2.45) is 5.92 Å². The molecule has 0 spiro atoms. The molecule has 1 unspecified atom stereocenters. The molecule has 0 amide bonds. The number of likely N-dealkylation sites (tertiary alicyclic amines) is 1. The van der Waals surface area contributed by atoms with Crippen molar-refractivity contribution in [1.29, 1.82) is 0 Å². The van der Waals surface area contributed by atoms with Crippen molar-refractivity contribution in [3.63, 3.8) is 0 Å². The minimum Gasteiger partial charge on any atom is -0.370 e. The van der Waals surface area contributed by atoms with Crippen molar-refractivity contribution in [2.75, 3.05) is 32.0 Å². The number of rotatable bonds is 3. The highest BCUT2D eigenvalue weighted by molar-refractivity contribution is 5.49. The van der Waals surface area contributed by atoms with Crippen LogP contribution in [0.3, 0.4) is 0 Å². The zero-order valence-electron chi connectivity index (χ0n) is 11.9. The van der Waals surface area contributed by atoms with E-state index in [-0.39, 0.29) is 5.69 Å². The van der Waals surface area contributed by atoms with Crippen LogP contribution in [0.25, 0.3) is 5.65 Å². The van der Waals surface area contributed by atoms with Crippen LogP contribution in [0.2, 0.25) is 0 Å². The Balaban J connectivity index is 1.73. The number of aryl methyl sites for hydroxylation is 1. The van der Waals surface area contributed by atoms with Gasteiger partial charge in [-0.05, 0) is 39.3 Å². The van der Waals surface area contributed by atoms with Crippen molar-refractivity contribution >= 4 is 11.5 Å². The number of aromatic nitrogens is 4. The predicted molar refractivity (Wildman–Crippen MR) is 77.1 cm³/mol. The number of nitrogens with zero attached hydrogens (tertiary/aromatic N) is 4. The summed E-state index contributed by atoms with van der Waals surface area (Å²) in [7, 11) is 2.16. The first-order valence-electron chi connectivity index (χ1n) is 7.00. The van der Waals surface area contributed by atoms with Gasteiger partial charge in [0.1, 0.15) is 11.6 Å². The summed E-state index contributed by atoms with van der Waals surface area (Å²) in [6.45, 7) is 5.02. The standard InChI is InChI=1S/C13H20N6O/c1-9-15-11(6-12-16-17-13(20)19(9)12)14-7-10-4-3-5-18(2)8-10/h6,10,14H,3-5,7-8H2,1-2H3,(H,17,20). The molecule has 0 aliphatic carbocycles. The van der Waals surface area contributed by atoms with Crippen LogP contribution in [-0.2, 0) is 0 Å². The fourth-order valence-electron chi connectivity index (χ4n) is 2.88. The average Bonchev–Trinajstić information content (AvgIpc) is 2.79. The van der Waals surface area contributed by atoms with E-state index in [1.54, 1.807) is 6.07 Å². The summed E-state index contributed by atoms with van der Waals surface area (Å²) in [5.41, 5.74) is 0.358. The highest BCUT2D eigenvalue weighted by Gasteiger charge is 2.17. The molecular weight excluding hydrogens is 256 g/mol. The summed E-state index contributed by atoms with van der Waals surface area (Å²) in [5, 5.41) is 9.79. The zero-order valence-corrected chi connectivity index (χ0v) is 11.9. The molecule has 1 aliphatic rings. The topological polar surface area (TPSA) is 78.3 Å². The van der Waals surface area contributed by atoms with Crippen molar-refractivity contribution in [3.05, 3.63) is 22.4 Å². The molecule has 0 aromatic carbocycles. The Morgan fingerprint density at radius 3 is 3.20 bits per heavy atom. The summed E-state index contributed by atoms with van der Waals surface area (Å²) in [5.74, 6) is 2.07. The summed E-state index contributed by atoms with van der Waals surface area (Å²) in [6, 6.07) is 1.80. The second-order valence-corrected chi connectivity index (χ2v) is 5.56. The number of H-pyrrole nitrogens is 1. The summed E-state index contributed by atoms with van der Waals surface area (Å²) < 4.78 is 1.47. The van der Waals surface area contributed by atoms with Crippen molar-refractivity contribution in [3.8, 4) is 0 Å². The maximum absolute atomic E-state index is 11.5. The van der Waals surface area contributed by atoms with Crippen LogP contribution >= 0.6 is 0 Å². The lowest BCUT2D eigenvalue weighted by Crippen LogP contribution is -2.35. The van der Waals surface area contributed by atoms with E-state index in [1.165, 1.54) is 23.8 Å². The Kier molecular flexibility index (Phi) is 3.43. The van der Waals surface area contributed by atoms with Gasteiger partial charge in [-0.1, -0.05) is 0 Å². The van der Waals surface area contributed by atoms with Crippen LogP contribution in [0.4, 0.5) is 5.82 Å². The van der Waals surface area contributed by atoms with E-state index in [9.17, 15) is 4.79 Å². The van der Waals surface area contributed by atoms with Gasteiger partial charge in [0, 0.05) is 19.2 Å². The van der Waals surface area contributed by atoms with Gasteiger partial charge in [0.15, 0.2) is 5.65 Å². The van der Waals surface area contributed by atoms with Gasteiger partial charge in [-0.2, -0.15) is 5.10 Å². The summed E-state index contributed by atoms with van der Waals surface area (Å²) >= 11 is 0. The number of piperidine rings is 1. The molecule has 0 bridgehead atoms.